The Morgan fingerprint density at radius 2 is 1.68 bits per heavy atom. The minimum atomic E-state index is -3.96. The Morgan fingerprint density at radius 1 is 1.11 bits per heavy atom. The molecule has 1 aliphatic rings. The van der Waals surface area contributed by atoms with Gasteiger partial charge in [0.25, 0.3) is 10.0 Å². The van der Waals surface area contributed by atoms with Crippen LogP contribution in [0.15, 0.2) is 53.4 Å². The summed E-state index contributed by atoms with van der Waals surface area (Å²) in [5, 5.41) is 0. The van der Waals surface area contributed by atoms with Crippen LogP contribution >= 0.6 is 0 Å². The molecular weight excluding hydrogens is 406 g/mol. The van der Waals surface area contributed by atoms with Crippen molar-refractivity contribution in [2.75, 3.05) is 14.8 Å². The maximum absolute atomic E-state index is 12.5. The summed E-state index contributed by atoms with van der Waals surface area (Å²) in [7, 11) is -7.72. The van der Waals surface area contributed by atoms with E-state index in [1.165, 1.54) is 55.5 Å². The molecule has 28 heavy (non-hydrogen) atoms. The summed E-state index contributed by atoms with van der Waals surface area (Å²) >= 11 is 0. The molecule has 9 nitrogen and oxygen atoms in total. The van der Waals surface area contributed by atoms with Crippen molar-refractivity contribution in [3.8, 4) is 0 Å². The number of benzene rings is 2. The number of nitrogens with two attached hydrogens (primary N) is 1. The van der Waals surface area contributed by atoms with E-state index >= 15 is 0 Å². The van der Waals surface area contributed by atoms with Crippen molar-refractivity contribution >= 4 is 43.2 Å². The van der Waals surface area contributed by atoms with Gasteiger partial charge in [-0.05, 0) is 48.5 Å². The molecule has 1 saturated heterocycles. The van der Waals surface area contributed by atoms with E-state index in [2.05, 4.69) is 4.72 Å². The molecule has 3 rings (SSSR count). The molecule has 1 atom stereocenters. The molecule has 0 aromatic heterocycles. The monoisotopic (exact) mass is 423 g/mol. The van der Waals surface area contributed by atoms with E-state index in [9.17, 15) is 26.4 Å². The Morgan fingerprint density at radius 3 is 2.14 bits per heavy atom. The zero-order valence-corrected chi connectivity index (χ0v) is 16.3. The van der Waals surface area contributed by atoms with Gasteiger partial charge in [0.15, 0.2) is 0 Å². The number of amides is 2. The van der Waals surface area contributed by atoms with Crippen molar-refractivity contribution in [2.24, 2.45) is 11.7 Å². The lowest BCUT2D eigenvalue weighted by molar-refractivity contribution is -0.119. The summed E-state index contributed by atoms with van der Waals surface area (Å²) < 4.78 is 52.3. The molecule has 1 fully saturated rings. The minimum absolute atomic E-state index is 0.0825. The highest BCUT2D eigenvalue weighted by molar-refractivity contribution is 7.94. The van der Waals surface area contributed by atoms with Crippen LogP contribution in [-0.2, 0) is 24.8 Å². The first kappa shape index (κ1) is 19.8. The fourth-order valence-corrected chi connectivity index (χ4v) is 5.64. The molecule has 148 valence electrons. The topological polar surface area (TPSA) is 144 Å². The van der Waals surface area contributed by atoms with Gasteiger partial charge in [-0.2, -0.15) is 0 Å². The number of nitrogens with one attached hydrogen (secondary N) is 1. The molecule has 2 amide bonds. The van der Waals surface area contributed by atoms with Gasteiger partial charge >= 0.3 is 0 Å². The molecule has 2 aromatic carbocycles. The van der Waals surface area contributed by atoms with Crippen molar-refractivity contribution in [1.82, 2.24) is 0 Å². The third kappa shape index (κ3) is 3.71. The SMILES string of the molecule is C[C@H]1CS(=O)(=O)N(c2ccc(S(=O)(=O)Nc3ccc(C(N)=O)cc3)cc2)C1=O. The summed E-state index contributed by atoms with van der Waals surface area (Å²) in [6, 6.07) is 10.5. The maximum Gasteiger partial charge on any atom is 0.261 e. The van der Waals surface area contributed by atoms with Gasteiger partial charge in [0.2, 0.25) is 21.8 Å². The summed E-state index contributed by atoms with van der Waals surface area (Å²) in [4.78, 5) is 23.0. The van der Waals surface area contributed by atoms with Crippen LogP contribution in [0.5, 0.6) is 0 Å². The lowest BCUT2D eigenvalue weighted by atomic mass is 10.2. The standard InChI is InChI=1S/C17H17N3O6S2/c1-11-10-27(23,24)20(17(11)22)14-6-8-15(9-7-14)28(25,26)19-13-4-2-12(3-5-13)16(18)21/h2-9,11,19H,10H2,1H3,(H2,18,21)/t11-/m0/s1. The van der Waals surface area contributed by atoms with Gasteiger partial charge in [0.1, 0.15) is 0 Å². The maximum atomic E-state index is 12.5. The van der Waals surface area contributed by atoms with Crippen LogP contribution in [0.1, 0.15) is 17.3 Å². The largest absolute Gasteiger partial charge is 0.366 e. The minimum Gasteiger partial charge on any atom is -0.366 e. The number of carbonyl (C=O) groups is 2. The Hall–Kier alpha value is -2.92. The van der Waals surface area contributed by atoms with E-state index in [1.807, 2.05) is 0 Å². The van der Waals surface area contributed by atoms with Gasteiger partial charge in [-0.15, -0.1) is 0 Å². The first-order chi connectivity index (χ1) is 13.0. The average molecular weight is 423 g/mol. The van der Waals surface area contributed by atoms with Crippen LogP contribution in [0.3, 0.4) is 0 Å². The summed E-state index contributed by atoms with van der Waals surface area (Å²) in [5.74, 6) is -2.12. The van der Waals surface area contributed by atoms with E-state index in [-0.39, 0.29) is 27.6 Å². The Labute approximate surface area is 162 Å². The molecule has 11 heteroatoms. The van der Waals surface area contributed by atoms with Gasteiger partial charge in [0.05, 0.1) is 22.3 Å². The van der Waals surface area contributed by atoms with Crippen LogP contribution in [0.4, 0.5) is 11.4 Å². The number of primary amides is 1. The second kappa shape index (κ2) is 6.91. The molecule has 1 aliphatic heterocycles. The quantitative estimate of drug-likeness (QED) is 0.731. The summed E-state index contributed by atoms with van der Waals surface area (Å²) in [5.41, 5.74) is 5.68. The number of nitrogens with zero attached hydrogens (tertiary/aromatic N) is 1. The van der Waals surface area contributed by atoms with Crippen LogP contribution in [0.25, 0.3) is 0 Å². The third-order valence-corrected chi connectivity index (χ3v) is 7.43. The predicted molar refractivity (Wildman–Crippen MR) is 103 cm³/mol. The number of sulfonamides is 2. The van der Waals surface area contributed by atoms with Crippen molar-refractivity contribution < 1.29 is 26.4 Å². The summed E-state index contributed by atoms with van der Waals surface area (Å²) in [6.07, 6.45) is 0. The van der Waals surface area contributed by atoms with E-state index in [0.29, 0.717) is 4.31 Å². The second-order valence-electron chi connectivity index (χ2n) is 6.32. The van der Waals surface area contributed by atoms with Gasteiger partial charge in [-0.1, -0.05) is 6.92 Å². The highest BCUT2D eigenvalue weighted by Crippen LogP contribution is 2.29. The van der Waals surface area contributed by atoms with Gasteiger partial charge in [0, 0.05) is 11.3 Å². The zero-order valence-electron chi connectivity index (χ0n) is 14.7. The molecule has 0 aliphatic carbocycles. The van der Waals surface area contributed by atoms with Crippen molar-refractivity contribution in [2.45, 2.75) is 11.8 Å². The number of carbonyl (C=O) groups excluding carboxylic acids is 2. The van der Waals surface area contributed by atoms with E-state index in [1.54, 1.807) is 0 Å². The van der Waals surface area contributed by atoms with E-state index in [4.69, 9.17) is 5.73 Å². The number of anilines is 2. The summed E-state index contributed by atoms with van der Waals surface area (Å²) in [6.45, 7) is 1.52. The highest BCUT2D eigenvalue weighted by Gasteiger charge is 2.41. The number of hydrogen-bond acceptors (Lipinski definition) is 6. The fourth-order valence-electron chi connectivity index (χ4n) is 2.76. The van der Waals surface area contributed by atoms with Crippen LogP contribution in [0, 0.1) is 5.92 Å². The van der Waals surface area contributed by atoms with Crippen LogP contribution in [0.2, 0.25) is 0 Å². The molecule has 1 heterocycles. The Balaban J connectivity index is 1.84. The molecule has 0 unspecified atom stereocenters. The molecule has 0 bridgehead atoms. The molecule has 3 N–H and O–H groups in total. The van der Waals surface area contributed by atoms with Crippen LogP contribution < -0.4 is 14.8 Å². The van der Waals surface area contributed by atoms with E-state index < -0.39 is 37.8 Å². The van der Waals surface area contributed by atoms with Crippen molar-refractivity contribution in [3.63, 3.8) is 0 Å². The van der Waals surface area contributed by atoms with E-state index in [0.717, 1.165) is 0 Å². The van der Waals surface area contributed by atoms with Crippen molar-refractivity contribution in [3.05, 3.63) is 54.1 Å². The fraction of sp³-hybridized carbons (Fsp3) is 0.176. The van der Waals surface area contributed by atoms with Gasteiger partial charge in [-0.3, -0.25) is 14.3 Å². The van der Waals surface area contributed by atoms with Crippen LogP contribution in [-0.4, -0.2) is 34.4 Å². The smallest absolute Gasteiger partial charge is 0.261 e. The molecular formula is C17H17N3O6S2. The van der Waals surface area contributed by atoms with Gasteiger partial charge in [-0.25, -0.2) is 21.1 Å². The number of rotatable bonds is 5. The van der Waals surface area contributed by atoms with Gasteiger partial charge < -0.3 is 5.73 Å². The lowest BCUT2D eigenvalue weighted by Crippen LogP contribution is -2.30. The average Bonchev–Trinajstić information content (AvgIpc) is 2.82. The molecule has 0 spiro atoms. The number of hydrogen-bond donors (Lipinski definition) is 2. The third-order valence-electron chi connectivity index (χ3n) is 4.16. The second-order valence-corrected chi connectivity index (χ2v) is 9.87. The predicted octanol–water partition coefficient (Wildman–Crippen LogP) is 0.899. The Bertz CT molecular complexity index is 1140. The van der Waals surface area contributed by atoms with Crippen molar-refractivity contribution in [1.29, 1.82) is 0 Å². The highest BCUT2D eigenvalue weighted by atomic mass is 32.2. The normalized spacial score (nSPS) is 18.8. The lowest BCUT2D eigenvalue weighted by Gasteiger charge is -2.16. The first-order valence-corrected chi connectivity index (χ1v) is 11.2. The molecule has 2 aromatic rings. The Kier molecular flexibility index (Phi) is 4.90. The first-order valence-electron chi connectivity index (χ1n) is 8.11. The molecule has 0 radical (unpaired) electrons. The zero-order chi connectivity index (χ0) is 20.7. The molecule has 0 saturated carbocycles.